The summed E-state index contributed by atoms with van der Waals surface area (Å²) in [6.45, 7) is 1.50. The number of nitrogens with one attached hydrogen (secondary N) is 1. The summed E-state index contributed by atoms with van der Waals surface area (Å²) in [5.74, 6) is 0. The predicted molar refractivity (Wildman–Crippen MR) is 58.9 cm³/mol. The van der Waals surface area contributed by atoms with E-state index >= 15 is 0 Å². The molecule has 1 aliphatic heterocycles. The topological polar surface area (TPSA) is 24.9 Å². The van der Waals surface area contributed by atoms with Crippen LogP contribution in [0, 0.1) is 0 Å². The molecule has 0 spiro atoms. The van der Waals surface area contributed by atoms with E-state index in [0.29, 0.717) is 24.3 Å². The number of alkyl halides is 1. The molecule has 2 heterocycles. The first-order valence-corrected chi connectivity index (χ1v) is 5.55. The van der Waals surface area contributed by atoms with Gasteiger partial charge < -0.3 is 5.32 Å². The molecular weight excluding hydrogens is 215 g/mol. The summed E-state index contributed by atoms with van der Waals surface area (Å²) in [4.78, 5) is 3.89. The van der Waals surface area contributed by atoms with Crippen LogP contribution in [0.15, 0.2) is 18.5 Å². The minimum absolute atomic E-state index is 0.399. The minimum atomic E-state index is -1.10. The molecule has 1 fully saturated rings. The molecule has 0 radical (unpaired) electrons. The molecule has 0 amide bonds. The van der Waals surface area contributed by atoms with Gasteiger partial charge in [0.25, 0.3) is 0 Å². The van der Waals surface area contributed by atoms with Crippen LogP contribution in [0.5, 0.6) is 0 Å². The normalized spacial score (nSPS) is 20.1. The van der Waals surface area contributed by atoms with Crippen LogP contribution < -0.4 is 5.32 Å². The average Bonchev–Trinajstić information content (AvgIpc) is 2.22. The molecule has 1 saturated heterocycles. The zero-order valence-electron chi connectivity index (χ0n) is 8.47. The first kappa shape index (κ1) is 10.8. The minimum Gasteiger partial charge on any atom is -0.316 e. The molecule has 1 N–H and O–H groups in total. The van der Waals surface area contributed by atoms with Crippen LogP contribution in [0.3, 0.4) is 0 Å². The van der Waals surface area contributed by atoms with Gasteiger partial charge in [0.2, 0.25) is 0 Å². The third-order valence-corrected chi connectivity index (χ3v) is 3.20. The Kier molecular flexibility index (Phi) is 3.22. The standard InChI is InChI=1S/C11H14ClFN2/c12-10-8-15-4-1-9(10)7-11(13)2-5-14-6-3-11/h1,4,8,14H,2-3,5-7H2. The lowest BCUT2D eigenvalue weighted by atomic mass is 9.88. The fourth-order valence-electron chi connectivity index (χ4n) is 1.94. The second-order valence-corrected chi connectivity index (χ2v) is 4.45. The molecule has 0 aliphatic carbocycles. The van der Waals surface area contributed by atoms with Gasteiger partial charge in [-0.1, -0.05) is 11.6 Å². The highest BCUT2D eigenvalue weighted by Gasteiger charge is 2.32. The number of nitrogens with zero attached hydrogens (tertiary/aromatic N) is 1. The maximum absolute atomic E-state index is 14.3. The van der Waals surface area contributed by atoms with E-state index in [-0.39, 0.29) is 0 Å². The first-order chi connectivity index (χ1) is 7.20. The Bertz CT molecular complexity index is 337. The van der Waals surface area contributed by atoms with E-state index in [2.05, 4.69) is 10.3 Å². The molecule has 4 heteroatoms. The van der Waals surface area contributed by atoms with Gasteiger partial charge in [0.15, 0.2) is 0 Å². The Labute approximate surface area is 93.9 Å². The van der Waals surface area contributed by atoms with Crippen molar-refractivity contribution in [1.29, 1.82) is 0 Å². The third kappa shape index (κ3) is 2.67. The lowest BCUT2D eigenvalue weighted by Crippen LogP contribution is -2.40. The molecule has 0 saturated carbocycles. The Morgan fingerprint density at radius 2 is 2.20 bits per heavy atom. The Morgan fingerprint density at radius 1 is 1.47 bits per heavy atom. The van der Waals surface area contributed by atoms with Gasteiger partial charge >= 0.3 is 0 Å². The van der Waals surface area contributed by atoms with Gasteiger partial charge in [0.1, 0.15) is 5.67 Å². The van der Waals surface area contributed by atoms with Crippen LogP contribution in [-0.4, -0.2) is 23.7 Å². The molecule has 2 rings (SSSR count). The van der Waals surface area contributed by atoms with Crippen LogP contribution >= 0.6 is 11.6 Å². The van der Waals surface area contributed by atoms with E-state index in [9.17, 15) is 4.39 Å². The predicted octanol–water partition coefficient (Wildman–Crippen LogP) is 2.37. The third-order valence-electron chi connectivity index (χ3n) is 2.86. The maximum atomic E-state index is 14.3. The van der Waals surface area contributed by atoms with Crippen LogP contribution in [0.1, 0.15) is 18.4 Å². The monoisotopic (exact) mass is 228 g/mol. The summed E-state index contributed by atoms with van der Waals surface area (Å²) in [5.41, 5.74) is -0.243. The second-order valence-electron chi connectivity index (χ2n) is 4.04. The van der Waals surface area contributed by atoms with Crippen LogP contribution in [0.4, 0.5) is 4.39 Å². The van der Waals surface area contributed by atoms with Gasteiger partial charge in [-0.25, -0.2) is 4.39 Å². The highest BCUT2D eigenvalue weighted by atomic mass is 35.5. The van der Waals surface area contributed by atoms with Crippen LogP contribution in [-0.2, 0) is 6.42 Å². The number of rotatable bonds is 2. The maximum Gasteiger partial charge on any atom is 0.117 e. The van der Waals surface area contributed by atoms with Crippen molar-refractivity contribution in [3.8, 4) is 0 Å². The molecule has 15 heavy (non-hydrogen) atoms. The van der Waals surface area contributed by atoms with Crippen molar-refractivity contribution in [2.24, 2.45) is 0 Å². The van der Waals surface area contributed by atoms with E-state index in [1.54, 1.807) is 18.5 Å². The number of piperidine rings is 1. The quantitative estimate of drug-likeness (QED) is 0.841. The van der Waals surface area contributed by atoms with Gasteiger partial charge in [-0.15, -0.1) is 0 Å². The number of pyridine rings is 1. The van der Waals surface area contributed by atoms with Crippen molar-refractivity contribution < 1.29 is 4.39 Å². The summed E-state index contributed by atoms with van der Waals surface area (Å²) in [6.07, 6.45) is 4.75. The van der Waals surface area contributed by atoms with Crippen molar-refractivity contribution in [2.45, 2.75) is 24.9 Å². The fourth-order valence-corrected chi connectivity index (χ4v) is 2.13. The zero-order valence-corrected chi connectivity index (χ0v) is 9.23. The second kappa shape index (κ2) is 4.45. The Morgan fingerprint density at radius 3 is 2.87 bits per heavy atom. The lowest BCUT2D eigenvalue weighted by molar-refractivity contribution is 0.116. The van der Waals surface area contributed by atoms with Crippen LogP contribution in [0.2, 0.25) is 5.02 Å². The smallest absolute Gasteiger partial charge is 0.117 e. The van der Waals surface area contributed by atoms with E-state index in [0.717, 1.165) is 18.7 Å². The fraction of sp³-hybridized carbons (Fsp3) is 0.545. The number of halogens is 2. The SMILES string of the molecule is FC1(Cc2ccncc2Cl)CCNCC1. The molecule has 0 bridgehead atoms. The average molecular weight is 229 g/mol. The van der Waals surface area contributed by atoms with E-state index in [1.165, 1.54) is 0 Å². The van der Waals surface area contributed by atoms with E-state index in [1.807, 2.05) is 0 Å². The molecule has 1 aromatic heterocycles. The Balaban J connectivity index is 2.10. The lowest BCUT2D eigenvalue weighted by Gasteiger charge is -2.30. The summed E-state index contributed by atoms with van der Waals surface area (Å²) < 4.78 is 14.3. The molecule has 0 unspecified atom stereocenters. The van der Waals surface area contributed by atoms with Gasteiger partial charge in [-0.3, -0.25) is 4.98 Å². The largest absolute Gasteiger partial charge is 0.316 e. The van der Waals surface area contributed by atoms with Crippen molar-refractivity contribution in [3.05, 3.63) is 29.0 Å². The highest BCUT2D eigenvalue weighted by molar-refractivity contribution is 6.31. The van der Waals surface area contributed by atoms with Crippen molar-refractivity contribution in [1.82, 2.24) is 10.3 Å². The summed E-state index contributed by atoms with van der Waals surface area (Å²) >= 11 is 5.96. The molecule has 82 valence electrons. The van der Waals surface area contributed by atoms with Crippen molar-refractivity contribution in [3.63, 3.8) is 0 Å². The van der Waals surface area contributed by atoms with Crippen LogP contribution in [0.25, 0.3) is 0 Å². The van der Waals surface area contributed by atoms with Gasteiger partial charge in [-0.05, 0) is 37.6 Å². The van der Waals surface area contributed by atoms with Crippen molar-refractivity contribution in [2.75, 3.05) is 13.1 Å². The number of aromatic nitrogens is 1. The van der Waals surface area contributed by atoms with Gasteiger partial charge in [-0.2, -0.15) is 0 Å². The van der Waals surface area contributed by atoms with Gasteiger partial charge in [0.05, 0.1) is 5.02 Å². The molecule has 1 aliphatic rings. The Hall–Kier alpha value is -0.670. The molecule has 1 aromatic rings. The molecule has 2 nitrogen and oxygen atoms in total. The summed E-state index contributed by atoms with van der Waals surface area (Å²) in [7, 11) is 0. The summed E-state index contributed by atoms with van der Waals surface area (Å²) in [5, 5.41) is 3.72. The first-order valence-electron chi connectivity index (χ1n) is 5.18. The molecule has 0 aromatic carbocycles. The molecular formula is C11H14ClFN2. The van der Waals surface area contributed by atoms with Gasteiger partial charge in [0, 0.05) is 18.8 Å². The number of hydrogen-bond donors (Lipinski definition) is 1. The summed E-state index contributed by atoms with van der Waals surface area (Å²) in [6, 6.07) is 1.80. The molecule has 0 atom stereocenters. The van der Waals surface area contributed by atoms with E-state index < -0.39 is 5.67 Å². The highest BCUT2D eigenvalue weighted by Crippen LogP contribution is 2.29. The number of hydrogen-bond acceptors (Lipinski definition) is 2. The van der Waals surface area contributed by atoms with Crippen molar-refractivity contribution >= 4 is 11.6 Å². The van der Waals surface area contributed by atoms with E-state index in [4.69, 9.17) is 11.6 Å². The zero-order chi connectivity index (χ0) is 10.7.